The van der Waals surface area contributed by atoms with Crippen molar-refractivity contribution in [3.63, 3.8) is 0 Å². The first-order valence-corrected chi connectivity index (χ1v) is 7.47. The number of rotatable bonds is 7. The second kappa shape index (κ2) is 7.78. The van der Waals surface area contributed by atoms with Crippen molar-refractivity contribution in [1.82, 2.24) is 9.97 Å². The van der Waals surface area contributed by atoms with Crippen LogP contribution in [0.3, 0.4) is 0 Å². The molecule has 6 heteroatoms. The number of anilines is 2. The largest absolute Gasteiger partial charge is 0.493 e. The van der Waals surface area contributed by atoms with E-state index in [-0.39, 0.29) is 6.10 Å². The van der Waals surface area contributed by atoms with E-state index in [0.717, 1.165) is 11.4 Å². The highest BCUT2D eigenvalue weighted by Gasteiger charge is 2.09. The van der Waals surface area contributed by atoms with Crippen molar-refractivity contribution >= 4 is 11.5 Å². The molecule has 2 rings (SSSR count). The number of methoxy groups -OCH3 is 2. The van der Waals surface area contributed by atoms with Gasteiger partial charge in [-0.15, -0.1) is 0 Å². The van der Waals surface area contributed by atoms with Crippen molar-refractivity contribution in [2.45, 2.75) is 33.5 Å². The first kappa shape index (κ1) is 17.0. The third kappa shape index (κ3) is 4.82. The van der Waals surface area contributed by atoms with Gasteiger partial charge in [0, 0.05) is 30.6 Å². The van der Waals surface area contributed by atoms with E-state index < -0.39 is 0 Å². The van der Waals surface area contributed by atoms with Crippen LogP contribution in [0.4, 0.5) is 11.5 Å². The molecule has 1 aromatic heterocycles. The number of nitrogens with zero attached hydrogens (tertiary/aromatic N) is 2. The van der Waals surface area contributed by atoms with Gasteiger partial charge in [-0.3, -0.25) is 0 Å². The van der Waals surface area contributed by atoms with Crippen LogP contribution in [-0.4, -0.2) is 30.3 Å². The highest BCUT2D eigenvalue weighted by molar-refractivity contribution is 5.61. The van der Waals surface area contributed by atoms with E-state index in [1.807, 2.05) is 45.0 Å². The second-order valence-electron chi connectivity index (χ2n) is 5.40. The third-order valence-corrected chi connectivity index (χ3v) is 2.97. The molecule has 0 atom stereocenters. The SMILES string of the molecule is COCc1nc(C)cc(Nc2ccc(OC(C)C)c(OC)c2)n1. The van der Waals surface area contributed by atoms with Gasteiger partial charge in [-0.1, -0.05) is 0 Å². The zero-order valence-electron chi connectivity index (χ0n) is 14.2. The van der Waals surface area contributed by atoms with E-state index in [9.17, 15) is 0 Å². The van der Waals surface area contributed by atoms with Crippen molar-refractivity contribution in [2.24, 2.45) is 0 Å². The summed E-state index contributed by atoms with van der Waals surface area (Å²) in [7, 11) is 3.24. The van der Waals surface area contributed by atoms with Crippen LogP contribution in [0.15, 0.2) is 24.3 Å². The van der Waals surface area contributed by atoms with Crippen molar-refractivity contribution in [2.75, 3.05) is 19.5 Å². The van der Waals surface area contributed by atoms with Crippen molar-refractivity contribution in [3.8, 4) is 11.5 Å². The Morgan fingerprint density at radius 3 is 2.52 bits per heavy atom. The van der Waals surface area contributed by atoms with Gasteiger partial charge < -0.3 is 19.5 Å². The van der Waals surface area contributed by atoms with Gasteiger partial charge in [0.15, 0.2) is 17.3 Å². The fourth-order valence-corrected chi connectivity index (χ4v) is 2.13. The summed E-state index contributed by atoms with van der Waals surface area (Å²) < 4.78 is 16.2. The number of benzene rings is 1. The van der Waals surface area contributed by atoms with Gasteiger partial charge in [-0.25, -0.2) is 9.97 Å². The van der Waals surface area contributed by atoms with Crippen LogP contribution >= 0.6 is 0 Å². The Morgan fingerprint density at radius 2 is 1.87 bits per heavy atom. The molecule has 1 N–H and O–H groups in total. The second-order valence-corrected chi connectivity index (χ2v) is 5.40. The lowest BCUT2D eigenvalue weighted by molar-refractivity contribution is 0.177. The summed E-state index contributed by atoms with van der Waals surface area (Å²) in [4.78, 5) is 8.75. The number of aromatic nitrogens is 2. The summed E-state index contributed by atoms with van der Waals surface area (Å²) in [5.41, 5.74) is 1.74. The van der Waals surface area contributed by atoms with Crippen LogP contribution in [-0.2, 0) is 11.3 Å². The molecule has 124 valence electrons. The molecule has 0 saturated carbocycles. The first-order chi connectivity index (χ1) is 11.0. The number of hydrogen-bond donors (Lipinski definition) is 1. The molecular formula is C17H23N3O3. The minimum absolute atomic E-state index is 0.0869. The van der Waals surface area contributed by atoms with Gasteiger partial charge in [-0.2, -0.15) is 0 Å². The van der Waals surface area contributed by atoms with Gasteiger partial charge in [0.25, 0.3) is 0 Å². The number of aryl methyl sites for hydroxylation is 1. The fraction of sp³-hybridized carbons (Fsp3) is 0.412. The van der Waals surface area contributed by atoms with Gasteiger partial charge in [0.2, 0.25) is 0 Å². The molecule has 0 fully saturated rings. The Labute approximate surface area is 136 Å². The van der Waals surface area contributed by atoms with Gasteiger partial charge in [0.1, 0.15) is 12.4 Å². The zero-order valence-corrected chi connectivity index (χ0v) is 14.2. The summed E-state index contributed by atoms with van der Waals surface area (Å²) >= 11 is 0. The summed E-state index contributed by atoms with van der Waals surface area (Å²) in [5, 5.41) is 3.26. The molecule has 0 saturated heterocycles. The van der Waals surface area contributed by atoms with Crippen LogP contribution in [0.2, 0.25) is 0 Å². The molecule has 0 bridgehead atoms. The Kier molecular flexibility index (Phi) is 5.76. The maximum Gasteiger partial charge on any atom is 0.162 e. The van der Waals surface area contributed by atoms with Crippen LogP contribution < -0.4 is 14.8 Å². The van der Waals surface area contributed by atoms with Crippen molar-refractivity contribution in [3.05, 3.63) is 35.8 Å². The van der Waals surface area contributed by atoms with Gasteiger partial charge in [0.05, 0.1) is 13.2 Å². The van der Waals surface area contributed by atoms with Crippen LogP contribution in [0.1, 0.15) is 25.4 Å². The van der Waals surface area contributed by atoms with Crippen molar-refractivity contribution < 1.29 is 14.2 Å². The lowest BCUT2D eigenvalue weighted by Gasteiger charge is -2.15. The molecule has 2 aromatic rings. The van der Waals surface area contributed by atoms with E-state index in [0.29, 0.717) is 29.7 Å². The lowest BCUT2D eigenvalue weighted by Crippen LogP contribution is -2.07. The number of nitrogens with one attached hydrogen (secondary N) is 1. The molecular weight excluding hydrogens is 294 g/mol. The molecule has 1 heterocycles. The fourth-order valence-electron chi connectivity index (χ4n) is 2.13. The van der Waals surface area contributed by atoms with E-state index in [1.165, 1.54) is 0 Å². The molecule has 0 unspecified atom stereocenters. The number of ether oxygens (including phenoxy) is 3. The standard InChI is InChI=1S/C17H23N3O3/c1-11(2)23-14-7-6-13(9-15(14)22-5)19-16-8-12(3)18-17(20-16)10-21-4/h6-9,11H,10H2,1-5H3,(H,18,19,20). The van der Waals surface area contributed by atoms with Crippen LogP contribution in [0.25, 0.3) is 0 Å². The minimum Gasteiger partial charge on any atom is -0.493 e. The summed E-state index contributed by atoms with van der Waals surface area (Å²) in [6.45, 7) is 6.26. The smallest absolute Gasteiger partial charge is 0.162 e. The molecule has 23 heavy (non-hydrogen) atoms. The molecule has 0 aliphatic rings. The molecule has 0 aliphatic carbocycles. The van der Waals surface area contributed by atoms with E-state index >= 15 is 0 Å². The average Bonchev–Trinajstić information content (AvgIpc) is 2.48. The third-order valence-electron chi connectivity index (χ3n) is 2.97. The van der Waals surface area contributed by atoms with Crippen molar-refractivity contribution in [1.29, 1.82) is 0 Å². The molecule has 0 amide bonds. The normalized spacial score (nSPS) is 10.7. The number of hydrogen-bond acceptors (Lipinski definition) is 6. The summed E-state index contributed by atoms with van der Waals surface area (Å²) in [6.07, 6.45) is 0.0869. The summed E-state index contributed by atoms with van der Waals surface area (Å²) in [5.74, 6) is 2.74. The Bertz CT molecular complexity index is 660. The zero-order chi connectivity index (χ0) is 16.8. The van der Waals surface area contributed by atoms with Crippen LogP contribution in [0, 0.1) is 6.92 Å². The summed E-state index contributed by atoms with van der Waals surface area (Å²) in [6, 6.07) is 7.56. The quantitative estimate of drug-likeness (QED) is 0.843. The Hall–Kier alpha value is -2.34. The van der Waals surface area contributed by atoms with Crippen LogP contribution in [0.5, 0.6) is 11.5 Å². The Balaban J connectivity index is 2.23. The average molecular weight is 317 g/mol. The molecule has 1 aromatic carbocycles. The predicted octanol–water partition coefficient (Wildman–Crippen LogP) is 3.47. The highest BCUT2D eigenvalue weighted by Crippen LogP contribution is 2.32. The predicted molar refractivity (Wildman–Crippen MR) is 89.5 cm³/mol. The monoisotopic (exact) mass is 317 g/mol. The topological polar surface area (TPSA) is 65.5 Å². The maximum atomic E-state index is 5.72. The molecule has 0 spiro atoms. The molecule has 6 nitrogen and oxygen atoms in total. The Morgan fingerprint density at radius 1 is 1.09 bits per heavy atom. The van der Waals surface area contributed by atoms with Gasteiger partial charge >= 0.3 is 0 Å². The lowest BCUT2D eigenvalue weighted by atomic mass is 10.2. The minimum atomic E-state index is 0.0869. The highest BCUT2D eigenvalue weighted by atomic mass is 16.5. The first-order valence-electron chi connectivity index (χ1n) is 7.47. The molecule has 0 radical (unpaired) electrons. The van der Waals surface area contributed by atoms with Gasteiger partial charge in [-0.05, 0) is 32.9 Å². The van der Waals surface area contributed by atoms with E-state index in [2.05, 4.69) is 15.3 Å². The van der Waals surface area contributed by atoms with E-state index in [1.54, 1.807) is 14.2 Å². The maximum absolute atomic E-state index is 5.72. The molecule has 0 aliphatic heterocycles. The van der Waals surface area contributed by atoms with E-state index in [4.69, 9.17) is 14.2 Å².